The Labute approximate surface area is 125 Å². The summed E-state index contributed by atoms with van der Waals surface area (Å²) in [6.07, 6.45) is 4.94. The Bertz CT molecular complexity index is 509. The molecule has 1 aromatic rings. The first-order chi connectivity index (χ1) is 9.27. The maximum Gasteiger partial charge on any atom is -0.0100 e. The molecule has 0 aromatic heterocycles. The van der Waals surface area contributed by atoms with Gasteiger partial charge in [0.25, 0.3) is 0 Å². The summed E-state index contributed by atoms with van der Waals surface area (Å²) in [6, 6.07) is 9.07. The van der Waals surface area contributed by atoms with Crippen LogP contribution in [0.3, 0.4) is 0 Å². The van der Waals surface area contributed by atoms with Gasteiger partial charge >= 0.3 is 0 Å². The minimum absolute atomic E-state index is 0.253. The number of rotatable bonds is 2. The molecular weight excluding hydrogens is 240 g/mol. The van der Waals surface area contributed by atoms with Crippen LogP contribution in [0.4, 0.5) is 0 Å². The lowest BCUT2D eigenvalue weighted by Gasteiger charge is -2.35. The van der Waals surface area contributed by atoms with Crippen LogP contribution in [0.2, 0.25) is 0 Å². The van der Waals surface area contributed by atoms with Gasteiger partial charge in [-0.2, -0.15) is 0 Å². The van der Waals surface area contributed by atoms with Gasteiger partial charge in [0.15, 0.2) is 0 Å². The van der Waals surface area contributed by atoms with E-state index in [4.69, 9.17) is 0 Å². The lowest BCUT2D eigenvalue weighted by Crippen LogP contribution is -2.20. The van der Waals surface area contributed by atoms with E-state index in [0.29, 0.717) is 0 Å². The van der Waals surface area contributed by atoms with E-state index in [2.05, 4.69) is 65.8 Å². The zero-order valence-electron chi connectivity index (χ0n) is 14.1. The summed E-state index contributed by atoms with van der Waals surface area (Å²) in [6.45, 7) is 14.3. The normalized spacial score (nSPS) is 16.9. The molecule has 0 radical (unpaired) electrons. The smallest absolute Gasteiger partial charge is 0.0100 e. The first kappa shape index (κ1) is 15.4. The number of allylic oxidation sites excluding steroid dienone is 2. The van der Waals surface area contributed by atoms with E-state index >= 15 is 0 Å². The summed E-state index contributed by atoms with van der Waals surface area (Å²) in [5.74, 6) is 0. The molecule has 0 fully saturated rings. The van der Waals surface area contributed by atoms with E-state index in [-0.39, 0.29) is 10.8 Å². The molecule has 0 spiro atoms. The fourth-order valence-electron chi connectivity index (χ4n) is 3.43. The Morgan fingerprint density at radius 1 is 0.950 bits per heavy atom. The van der Waals surface area contributed by atoms with Crippen LogP contribution in [0, 0.1) is 10.8 Å². The Morgan fingerprint density at radius 3 is 2.20 bits per heavy atom. The molecule has 0 nitrogen and oxygen atoms in total. The maximum atomic E-state index is 2.41. The molecule has 0 bridgehead atoms. The summed E-state index contributed by atoms with van der Waals surface area (Å²) in [5.41, 5.74) is 6.88. The molecule has 0 saturated heterocycles. The van der Waals surface area contributed by atoms with Gasteiger partial charge in [0, 0.05) is 0 Å². The van der Waals surface area contributed by atoms with Crippen molar-refractivity contribution in [3.8, 4) is 0 Å². The third-order valence-electron chi connectivity index (χ3n) is 4.93. The third-order valence-corrected chi connectivity index (χ3v) is 4.93. The van der Waals surface area contributed by atoms with E-state index in [1.165, 1.54) is 31.2 Å². The Morgan fingerprint density at radius 2 is 1.60 bits per heavy atom. The highest BCUT2D eigenvalue weighted by atomic mass is 14.4. The second-order valence-corrected chi connectivity index (χ2v) is 7.85. The highest BCUT2D eigenvalue weighted by Crippen LogP contribution is 2.48. The van der Waals surface area contributed by atoms with Crippen LogP contribution in [0.5, 0.6) is 0 Å². The molecule has 2 rings (SSSR count). The van der Waals surface area contributed by atoms with Crippen LogP contribution in [-0.2, 0) is 6.42 Å². The Hall–Kier alpha value is -1.04. The predicted octanol–water partition coefficient (Wildman–Crippen LogP) is 6.26. The van der Waals surface area contributed by atoms with Crippen molar-refractivity contribution in [1.82, 2.24) is 0 Å². The van der Waals surface area contributed by atoms with Crippen molar-refractivity contribution in [3.63, 3.8) is 0 Å². The molecule has 0 heteroatoms. The van der Waals surface area contributed by atoms with E-state index in [1.54, 1.807) is 16.7 Å². The molecule has 1 aliphatic carbocycles. The monoisotopic (exact) mass is 270 g/mol. The first-order valence-electron chi connectivity index (χ1n) is 8.10. The van der Waals surface area contributed by atoms with E-state index in [1.807, 2.05) is 0 Å². The summed E-state index contributed by atoms with van der Waals surface area (Å²) in [5, 5.41) is 0. The number of aryl methyl sites for hydroxylation is 1. The number of fused-ring (bicyclic) bond motifs is 1. The van der Waals surface area contributed by atoms with E-state index in [0.717, 1.165) is 0 Å². The van der Waals surface area contributed by atoms with Crippen LogP contribution in [0.15, 0.2) is 29.8 Å². The SMILES string of the molecule is CCC(C)(C)C1=C(C(C)(C)C)CCCc2ccccc21. The zero-order valence-corrected chi connectivity index (χ0v) is 14.1. The molecule has 0 aliphatic heterocycles. The van der Waals surface area contributed by atoms with Gasteiger partial charge in [-0.05, 0) is 53.2 Å². The van der Waals surface area contributed by atoms with Gasteiger partial charge in [0.2, 0.25) is 0 Å². The summed E-state index contributed by atoms with van der Waals surface area (Å²) in [4.78, 5) is 0. The van der Waals surface area contributed by atoms with E-state index < -0.39 is 0 Å². The van der Waals surface area contributed by atoms with Crippen molar-refractivity contribution in [2.45, 2.75) is 67.2 Å². The minimum Gasteiger partial charge on any atom is -0.0646 e. The van der Waals surface area contributed by atoms with Crippen molar-refractivity contribution in [3.05, 3.63) is 41.0 Å². The molecule has 0 amide bonds. The lowest BCUT2D eigenvalue weighted by molar-refractivity contribution is 0.440. The lowest BCUT2D eigenvalue weighted by atomic mass is 9.70. The van der Waals surface area contributed by atoms with Gasteiger partial charge in [0.1, 0.15) is 0 Å². The van der Waals surface area contributed by atoms with Gasteiger partial charge < -0.3 is 0 Å². The molecule has 20 heavy (non-hydrogen) atoms. The number of hydrogen-bond acceptors (Lipinski definition) is 0. The van der Waals surface area contributed by atoms with Crippen LogP contribution in [0.25, 0.3) is 5.57 Å². The summed E-state index contributed by atoms with van der Waals surface area (Å²) >= 11 is 0. The second kappa shape index (κ2) is 5.39. The number of benzene rings is 1. The molecule has 1 aromatic carbocycles. The van der Waals surface area contributed by atoms with Crippen molar-refractivity contribution in [2.75, 3.05) is 0 Å². The molecule has 0 saturated carbocycles. The predicted molar refractivity (Wildman–Crippen MR) is 89.8 cm³/mol. The molecule has 0 N–H and O–H groups in total. The fourth-order valence-corrected chi connectivity index (χ4v) is 3.43. The average Bonchev–Trinajstić information content (AvgIpc) is 2.57. The van der Waals surface area contributed by atoms with Crippen LogP contribution in [-0.4, -0.2) is 0 Å². The average molecular weight is 270 g/mol. The van der Waals surface area contributed by atoms with Crippen molar-refractivity contribution in [2.24, 2.45) is 10.8 Å². The minimum atomic E-state index is 0.253. The molecule has 1 aliphatic rings. The first-order valence-corrected chi connectivity index (χ1v) is 8.10. The maximum absolute atomic E-state index is 2.41. The third kappa shape index (κ3) is 2.85. The van der Waals surface area contributed by atoms with Gasteiger partial charge in [0.05, 0.1) is 0 Å². The molecular formula is C20H30. The van der Waals surface area contributed by atoms with Crippen molar-refractivity contribution in [1.29, 1.82) is 0 Å². The topological polar surface area (TPSA) is 0 Å². The van der Waals surface area contributed by atoms with Crippen LogP contribution >= 0.6 is 0 Å². The largest absolute Gasteiger partial charge is 0.0646 e. The standard InChI is InChI=1S/C20H30/c1-7-20(5,6)18-16-13-9-8-11-15(16)12-10-14-17(18)19(2,3)4/h8-9,11,13H,7,10,12,14H2,1-6H3. The molecule has 110 valence electrons. The number of hydrogen-bond donors (Lipinski definition) is 0. The molecule has 0 atom stereocenters. The Balaban J connectivity index is 2.75. The summed E-state index contributed by atoms with van der Waals surface area (Å²) in [7, 11) is 0. The van der Waals surface area contributed by atoms with Crippen molar-refractivity contribution >= 4 is 5.57 Å². The van der Waals surface area contributed by atoms with Crippen LogP contribution < -0.4 is 0 Å². The second-order valence-electron chi connectivity index (χ2n) is 7.85. The zero-order chi connectivity index (χ0) is 15.0. The molecule has 0 unspecified atom stereocenters. The fraction of sp³-hybridized carbons (Fsp3) is 0.600. The highest BCUT2D eigenvalue weighted by molar-refractivity contribution is 5.76. The van der Waals surface area contributed by atoms with Gasteiger partial charge in [-0.3, -0.25) is 0 Å². The highest BCUT2D eigenvalue weighted by Gasteiger charge is 2.32. The van der Waals surface area contributed by atoms with Gasteiger partial charge in [-0.15, -0.1) is 0 Å². The van der Waals surface area contributed by atoms with Crippen molar-refractivity contribution < 1.29 is 0 Å². The summed E-state index contributed by atoms with van der Waals surface area (Å²) < 4.78 is 0. The van der Waals surface area contributed by atoms with E-state index in [9.17, 15) is 0 Å². The molecule has 0 heterocycles. The van der Waals surface area contributed by atoms with Gasteiger partial charge in [-0.25, -0.2) is 0 Å². The Kier molecular flexibility index (Phi) is 4.14. The quantitative estimate of drug-likeness (QED) is 0.595. The van der Waals surface area contributed by atoms with Gasteiger partial charge in [-0.1, -0.05) is 71.4 Å². The van der Waals surface area contributed by atoms with Crippen LogP contribution in [0.1, 0.15) is 71.9 Å².